The second kappa shape index (κ2) is 3.81. The zero-order valence-electron chi connectivity index (χ0n) is 8.68. The summed E-state index contributed by atoms with van der Waals surface area (Å²) in [5.74, 6) is -2.35. The van der Waals surface area contributed by atoms with E-state index in [-0.39, 0.29) is 0 Å². The zero-order chi connectivity index (χ0) is 14.6. The Labute approximate surface area is 105 Å². The average Bonchev–Trinajstić information content (AvgIpc) is 2.51. The number of hydrogen-bond acceptors (Lipinski definition) is 6. The zero-order valence-corrected chi connectivity index (χ0v) is 10.3. The first kappa shape index (κ1) is 13.5. The molecule has 1 aliphatic rings. The number of imide groups is 1. The molecule has 0 saturated carbocycles. The molecular formula is C8H3F2NO6S2. The van der Waals surface area contributed by atoms with Crippen LogP contribution in [0.5, 0.6) is 0 Å². The van der Waals surface area contributed by atoms with E-state index >= 15 is 0 Å². The molecule has 0 aliphatic carbocycles. The van der Waals surface area contributed by atoms with E-state index in [9.17, 15) is 34.2 Å². The highest BCUT2D eigenvalue weighted by molar-refractivity contribution is 7.89. The molecule has 0 radical (unpaired) electrons. The molecule has 0 saturated heterocycles. The summed E-state index contributed by atoms with van der Waals surface area (Å²) in [7, 11) is -11.3. The van der Waals surface area contributed by atoms with Crippen molar-refractivity contribution in [1.82, 2.24) is 5.32 Å². The lowest BCUT2D eigenvalue weighted by Gasteiger charge is -2.05. The van der Waals surface area contributed by atoms with Crippen molar-refractivity contribution in [2.75, 3.05) is 0 Å². The number of halogens is 2. The van der Waals surface area contributed by atoms with Gasteiger partial charge in [-0.15, -0.1) is 7.77 Å². The van der Waals surface area contributed by atoms with Gasteiger partial charge in [-0.05, 0) is 12.1 Å². The predicted molar refractivity (Wildman–Crippen MR) is 54.8 cm³/mol. The number of carbonyl (C=O) groups excluding carboxylic acids is 2. The minimum atomic E-state index is -5.73. The maximum atomic E-state index is 13.1. The lowest BCUT2D eigenvalue weighted by atomic mass is 10.1. The quantitative estimate of drug-likeness (QED) is 0.602. The Bertz CT molecular complexity index is 827. The molecule has 1 heterocycles. The first-order chi connectivity index (χ1) is 8.53. The lowest BCUT2D eigenvalue weighted by molar-refractivity contribution is 0.0878. The summed E-state index contributed by atoms with van der Waals surface area (Å²) in [6, 6.07) is 1.12. The standard InChI is InChI=1S/C8H3F2NO6S2/c9-18(14,15)4-2-1-3-5(6(4)19(10,16)17)8(13)11-7(3)12/h1-2H,(H,11,12,13). The molecule has 11 heteroatoms. The molecule has 1 aromatic carbocycles. The molecular weight excluding hydrogens is 308 g/mol. The van der Waals surface area contributed by atoms with Crippen molar-refractivity contribution in [2.45, 2.75) is 9.79 Å². The van der Waals surface area contributed by atoms with Crippen LogP contribution < -0.4 is 5.32 Å². The van der Waals surface area contributed by atoms with Gasteiger partial charge in [0, 0.05) is 0 Å². The molecule has 7 nitrogen and oxygen atoms in total. The SMILES string of the molecule is O=C1NC(=O)c2c1ccc(S(=O)(=O)F)c2S(=O)(=O)F. The second-order valence-electron chi connectivity index (χ2n) is 3.47. The van der Waals surface area contributed by atoms with Crippen molar-refractivity contribution >= 4 is 32.3 Å². The van der Waals surface area contributed by atoms with E-state index in [1.54, 1.807) is 5.32 Å². The van der Waals surface area contributed by atoms with Gasteiger partial charge < -0.3 is 0 Å². The van der Waals surface area contributed by atoms with E-state index in [2.05, 4.69) is 0 Å². The number of amides is 2. The molecule has 1 aliphatic heterocycles. The van der Waals surface area contributed by atoms with Gasteiger partial charge in [-0.3, -0.25) is 14.9 Å². The first-order valence-electron chi connectivity index (χ1n) is 4.45. The topological polar surface area (TPSA) is 114 Å². The number of hydrogen-bond donors (Lipinski definition) is 1. The van der Waals surface area contributed by atoms with Gasteiger partial charge in [0.2, 0.25) is 0 Å². The van der Waals surface area contributed by atoms with Gasteiger partial charge in [-0.2, -0.15) is 16.8 Å². The van der Waals surface area contributed by atoms with E-state index < -0.39 is 53.2 Å². The monoisotopic (exact) mass is 311 g/mol. The molecule has 1 N–H and O–H groups in total. The summed E-state index contributed by atoms with van der Waals surface area (Å²) in [6.45, 7) is 0. The summed E-state index contributed by atoms with van der Waals surface area (Å²) in [4.78, 5) is 19.4. The molecule has 0 atom stereocenters. The van der Waals surface area contributed by atoms with Gasteiger partial charge in [0.15, 0.2) is 0 Å². The normalized spacial score (nSPS) is 15.3. The maximum absolute atomic E-state index is 13.1. The van der Waals surface area contributed by atoms with E-state index in [0.29, 0.717) is 6.07 Å². The summed E-state index contributed by atoms with van der Waals surface area (Å²) in [5, 5.41) is 1.65. The maximum Gasteiger partial charge on any atom is 0.334 e. The fourth-order valence-electron chi connectivity index (χ4n) is 1.65. The Morgan fingerprint density at radius 1 is 0.895 bits per heavy atom. The third-order valence-corrected chi connectivity index (χ3v) is 4.23. The van der Waals surface area contributed by atoms with Gasteiger partial charge in [0.1, 0.15) is 9.79 Å². The number of rotatable bonds is 2. The Balaban J connectivity index is 3.03. The Morgan fingerprint density at radius 2 is 1.47 bits per heavy atom. The third-order valence-electron chi connectivity index (χ3n) is 2.33. The average molecular weight is 311 g/mol. The highest BCUT2D eigenvalue weighted by atomic mass is 32.3. The van der Waals surface area contributed by atoms with Crippen LogP contribution in [0.25, 0.3) is 0 Å². The van der Waals surface area contributed by atoms with E-state index in [1.165, 1.54) is 0 Å². The van der Waals surface area contributed by atoms with E-state index in [4.69, 9.17) is 0 Å². The second-order valence-corrected chi connectivity index (χ2v) is 6.07. The van der Waals surface area contributed by atoms with Crippen molar-refractivity contribution in [3.63, 3.8) is 0 Å². The van der Waals surface area contributed by atoms with Crippen LogP contribution in [0.3, 0.4) is 0 Å². The molecule has 0 spiro atoms. The van der Waals surface area contributed by atoms with Crippen LogP contribution in [0.2, 0.25) is 0 Å². The van der Waals surface area contributed by atoms with Crippen molar-refractivity contribution < 1.29 is 34.2 Å². The number of fused-ring (bicyclic) bond motifs is 1. The van der Waals surface area contributed by atoms with Gasteiger partial charge in [-0.25, -0.2) is 0 Å². The molecule has 102 valence electrons. The molecule has 0 bridgehead atoms. The number of carbonyl (C=O) groups is 2. The molecule has 0 unspecified atom stereocenters. The van der Waals surface area contributed by atoms with Gasteiger partial charge in [0.05, 0.1) is 11.1 Å². The minimum absolute atomic E-state index is 0.402. The summed E-state index contributed by atoms with van der Waals surface area (Å²) < 4.78 is 69.4. The minimum Gasteiger partial charge on any atom is -0.288 e. The van der Waals surface area contributed by atoms with Crippen LogP contribution >= 0.6 is 0 Å². The van der Waals surface area contributed by atoms with Gasteiger partial charge >= 0.3 is 20.4 Å². The number of benzene rings is 1. The Morgan fingerprint density at radius 3 is 1.95 bits per heavy atom. The summed E-state index contributed by atoms with van der Waals surface area (Å²) in [6.07, 6.45) is 0. The van der Waals surface area contributed by atoms with Crippen LogP contribution in [0.4, 0.5) is 7.77 Å². The third kappa shape index (κ3) is 2.10. The highest BCUT2D eigenvalue weighted by Crippen LogP contribution is 2.32. The lowest BCUT2D eigenvalue weighted by Crippen LogP contribution is -2.20. The van der Waals surface area contributed by atoms with Crippen LogP contribution in [-0.4, -0.2) is 28.6 Å². The highest BCUT2D eigenvalue weighted by Gasteiger charge is 2.39. The van der Waals surface area contributed by atoms with E-state index in [0.717, 1.165) is 6.07 Å². The Hall–Kier alpha value is -1.88. The summed E-state index contributed by atoms with van der Waals surface area (Å²) in [5.41, 5.74) is -1.57. The van der Waals surface area contributed by atoms with Crippen molar-refractivity contribution in [3.8, 4) is 0 Å². The van der Waals surface area contributed by atoms with Gasteiger partial charge in [-0.1, -0.05) is 0 Å². The Kier molecular flexibility index (Phi) is 2.71. The first-order valence-corrected chi connectivity index (χ1v) is 7.22. The van der Waals surface area contributed by atoms with Crippen LogP contribution in [-0.2, 0) is 20.4 Å². The molecule has 19 heavy (non-hydrogen) atoms. The fourth-order valence-corrected chi connectivity index (χ4v) is 3.55. The molecule has 2 rings (SSSR count). The molecule has 2 amide bonds. The van der Waals surface area contributed by atoms with Crippen LogP contribution in [0.15, 0.2) is 21.9 Å². The van der Waals surface area contributed by atoms with Crippen molar-refractivity contribution in [3.05, 3.63) is 23.3 Å². The van der Waals surface area contributed by atoms with Crippen molar-refractivity contribution in [2.24, 2.45) is 0 Å². The van der Waals surface area contributed by atoms with Crippen molar-refractivity contribution in [1.29, 1.82) is 0 Å². The molecule has 1 aromatic rings. The van der Waals surface area contributed by atoms with Crippen LogP contribution in [0, 0.1) is 0 Å². The van der Waals surface area contributed by atoms with E-state index in [1.807, 2.05) is 0 Å². The smallest absolute Gasteiger partial charge is 0.288 e. The summed E-state index contributed by atoms with van der Waals surface area (Å²) >= 11 is 0. The molecule has 0 fully saturated rings. The largest absolute Gasteiger partial charge is 0.334 e. The fraction of sp³-hybridized carbons (Fsp3) is 0. The number of nitrogens with one attached hydrogen (secondary N) is 1. The van der Waals surface area contributed by atoms with Gasteiger partial charge in [0.25, 0.3) is 11.8 Å². The van der Waals surface area contributed by atoms with Crippen LogP contribution in [0.1, 0.15) is 20.7 Å². The predicted octanol–water partition coefficient (Wildman–Crippen LogP) is -0.113. The molecule has 0 aromatic heterocycles.